The lowest BCUT2D eigenvalue weighted by atomic mass is 9.99. The number of amides is 1. The summed E-state index contributed by atoms with van der Waals surface area (Å²) in [4.78, 5) is 11.3. The third-order valence-corrected chi connectivity index (χ3v) is 9.06. The minimum Gasteiger partial charge on any atom is -0.441 e. The Bertz CT molecular complexity index is 381. The SMILES string of the molecule is CC(C)(C)[Si](C)(C)OC[C@H]1OC[C@H](O)[C@@H]2NC(=O)O[C@@H]21. The van der Waals surface area contributed by atoms with E-state index in [-0.39, 0.29) is 17.7 Å². The fraction of sp³-hybridized carbons (Fsp3) is 0.923. The third-order valence-electron chi connectivity index (χ3n) is 4.56. The van der Waals surface area contributed by atoms with Crippen molar-refractivity contribution in [3.63, 3.8) is 0 Å². The van der Waals surface area contributed by atoms with Gasteiger partial charge in [-0.2, -0.15) is 0 Å². The first-order valence-corrected chi connectivity index (χ1v) is 9.93. The summed E-state index contributed by atoms with van der Waals surface area (Å²) in [6, 6.07) is -0.399. The number of nitrogens with one attached hydrogen (secondary N) is 1. The van der Waals surface area contributed by atoms with Crippen molar-refractivity contribution in [3.8, 4) is 0 Å². The molecule has 0 aliphatic carbocycles. The Hall–Kier alpha value is -0.633. The molecule has 2 rings (SSSR count). The molecule has 2 aliphatic rings. The number of carbonyl (C=O) groups excluding carboxylic acids is 1. The van der Waals surface area contributed by atoms with Gasteiger partial charge >= 0.3 is 6.09 Å². The smallest absolute Gasteiger partial charge is 0.408 e. The maximum atomic E-state index is 11.3. The Morgan fingerprint density at radius 3 is 2.70 bits per heavy atom. The quantitative estimate of drug-likeness (QED) is 0.767. The van der Waals surface area contributed by atoms with E-state index in [4.69, 9.17) is 13.9 Å². The number of aliphatic hydroxyl groups is 1. The van der Waals surface area contributed by atoms with Crippen LogP contribution in [-0.4, -0.2) is 57.1 Å². The van der Waals surface area contributed by atoms with Gasteiger partial charge in [0.2, 0.25) is 0 Å². The van der Waals surface area contributed by atoms with Crippen LogP contribution in [0.1, 0.15) is 20.8 Å². The maximum Gasteiger partial charge on any atom is 0.408 e. The first-order valence-electron chi connectivity index (χ1n) is 7.02. The number of fused-ring (bicyclic) bond motifs is 1. The van der Waals surface area contributed by atoms with Crippen LogP contribution in [0.3, 0.4) is 0 Å². The highest BCUT2D eigenvalue weighted by Gasteiger charge is 2.48. The standard InChI is InChI=1S/C13H25NO5Si/c1-13(2,3)20(4,5)18-7-9-11-10(8(15)6-17-9)14-12(16)19-11/h8-11,15H,6-7H2,1-5H3,(H,14,16)/t8-,9+,10-,11+/m0/s1. The van der Waals surface area contributed by atoms with Crippen molar-refractivity contribution in [1.29, 1.82) is 0 Å². The summed E-state index contributed by atoms with van der Waals surface area (Å²) in [6.45, 7) is 11.4. The van der Waals surface area contributed by atoms with E-state index in [0.29, 0.717) is 6.61 Å². The van der Waals surface area contributed by atoms with Crippen LogP contribution in [-0.2, 0) is 13.9 Å². The normalized spacial score (nSPS) is 34.4. The lowest BCUT2D eigenvalue weighted by Gasteiger charge is -2.40. The van der Waals surface area contributed by atoms with Gasteiger partial charge in [-0.05, 0) is 18.1 Å². The second-order valence-corrected chi connectivity index (χ2v) is 11.9. The molecule has 2 aliphatic heterocycles. The number of ether oxygens (including phenoxy) is 2. The van der Waals surface area contributed by atoms with Gasteiger partial charge in [-0.1, -0.05) is 20.8 Å². The van der Waals surface area contributed by atoms with Crippen molar-refractivity contribution in [3.05, 3.63) is 0 Å². The summed E-state index contributed by atoms with van der Waals surface area (Å²) in [5, 5.41) is 12.6. The molecule has 2 fully saturated rings. The van der Waals surface area contributed by atoms with Crippen molar-refractivity contribution < 1.29 is 23.8 Å². The number of hydrogen-bond donors (Lipinski definition) is 2. The molecule has 6 nitrogen and oxygen atoms in total. The molecule has 0 aromatic heterocycles. The second-order valence-electron chi connectivity index (χ2n) is 7.05. The van der Waals surface area contributed by atoms with E-state index < -0.39 is 32.7 Å². The number of carbonyl (C=O) groups is 1. The minimum absolute atomic E-state index is 0.116. The Labute approximate surface area is 120 Å². The number of hydrogen-bond acceptors (Lipinski definition) is 5. The summed E-state index contributed by atoms with van der Waals surface area (Å²) < 4.78 is 16.9. The van der Waals surface area contributed by atoms with Gasteiger partial charge in [0.05, 0.1) is 13.2 Å². The Balaban J connectivity index is 1.98. The Kier molecular flexibility index (Phi) is 4.16. The minimum atomic E-state index is -1.87. The largest absolute Gasteiger partial charge is 0.441 e. The number of aliphatic hydroxyl groups excluding tert-OH is 1. The molecular weight excluding hydrogens is 278 g/mol. The summed E-state index contributed by atoms with van der Waals surface area (Å²) in [5.74, 6) is 0. The predicted molar refractivity (Wildman–Crippen MR) is 76.1 cm³/mol. The molecule has 0 aromatic rings. The van der Waals surface area contributed by atoms with Gasteiger partial charge in [-0.15, -0.1) is 0 Å². The average molecular weight is 303 g/mol. The van der Waals surface area contributed by atoms with Crippen molar-refractivity contribution in [2.24, 2.45) is 0 Å². The molecule has 0 bridgehead atoms. The molecule has 2 heterocycles. The highest BCUT2D eigenvalue weighted by Crippen LogP contribution is 2.37. The van der Waals surface area contributed by atoms with Gasteiger partial charge in [0, 0.05) is 0 Å². The van der Waals surface area contributed by atoms with Gasteiger partial charge in [-0.25, -0.2) is 4.79 Å². The van der Waals surface area contributed by atoms with Crippen molar-refractivity contribution in [1.82, 2.24) is 5.32 Å². The lowest BCUT2D eigenvalue weighted by Crippen LogP contribution is -2.57. The van der Waals surface area contributed by atoms with Crippen LogP contribution in [0.15, 0.2) is 0 Å². The molecule has 7 heteroatoms. The van der Waals surface area contributed by atoms with Gasteiger partial charge in [0.25, 0.3) is 0 Å². The Morgan fingerprint density at radius 2 is 2.10 bits per heavy atom. The van der Waals surface area contributed by atoms with Crippen molar-refractivity contribution in [2.75, 3.05) is 13.2 Å². The molecule has 0 spiro atoms. The van der Waals surface area contributed by atoms with Crippen LogP contribution in [0, 0.1) is 0 Å². The van der Waals surface area contributed by atoms with Crippen LogP contribution in [0.4, 0.5) is 4.79 Å². The molecule has 0 unspecified atom stereocenters. The number of rotatable bonds is 3. The zero-order chi connectivity index (χ0) is 15.1. The average Bonchev–Trinajstić information content (AvgIpc) is 2.69. The van der Waals surface area contributed by atoms with Crippen LogP contribution in [0.25, 0.3) is 0 Å². The van der Waals surface area contributed by atoms with Crippen molar-refractivity contribution >= 4 is 14.4 Å². The molecule has 20 heavy (non-hydrogen) atoms. The number of alkyl carbamates (subject to hydrolysis) is 1. The van der Waals surface area contributed by atoms with E-state index in [2.05, 4.69) is 39.2 Å². The van der Waals surface area contributed by atoms with E-state index in [0.717, 1.165) is 0 Å². The summed E-state index contributed by atoms with van der Waals surface area (Å²) >= 11 is 0. The lowest BCUT2D eigenvalue weighted by molar-refractivity contribution is -0.132. The summed E-state index contributed by atoms with van der Waals surface area (Å²) in [6.07, 6.45) is -2.02. The highest BCUT2D eigenvalue weighted by atomic mass is 28.4. The highest BCUT2D eigenvalue weighted by molar-refractivity contribution is 6.74. The fourth-order valence-electron chi connectivity index (χ4n) is 2.14. The van der Waals surface area contributed by atoms with Crippen LogP contribution >= 0.6 is 0 Å². The van der Waals surface area contributed by atoms with Gasteiger partial charge in [-0.3, -0.25) is 0 Å². The third kappa shape index (κ3) is 3.00. The van der Waals surface area contributed by atoms with E-state index in [1.54, 1.807) is 0 Å². The molecule has 2 saturated heterocycles. The van der Waals surface area contributed by atoms with Gasteiger partial charge < -0.3 is 24.3 Å². The first-order chi connectivity index (χ1) is 9.12. The molecule has 2 N–H and O–H groups in total. The van der Waals surface area contributed by atoms with Crippen LogP contribution < -0.4 is 5.32 Å². The summed E-state index contributed by atoms with van der Waals surface area (Å²) in [5.41, 5.74) is 0. The zero-order valence-electron chi connectivity index (χ0n) is 12.8. The molecule has 4 atom stereocenters. The van der Waals surface area contributed by atoms with Gasteiger partial charge in [0.1, 0.15) is 18.2 Å². The maximum absolute atomic E-state index is 11.3. The molecule has 1 amide bonds. The monoisotopic (exact) mass is 303 g/mol. The summed E-state index contributed by atoms with van der Waals surface area (Å²) in [7, 11) is -1.87. The van der Waals surface area contributed by atoms with E-state index in [9.17, 15) is 9.90 Å². The molecule has 116 valence electrons. The molecule has 0 radical (unpaired) electrons. The molecule has 0 aromatic carbocycles. The fourth-order valence-corrected chi connectivity index (χ4v) is 3.16. The van der Waals surface area contributed by atoms with Gasteiger partial charge in [0.15, 0.2) is 14.4 Å². The van der Waals surface area contributed by atoms with E-state index >= 15 is 0 Å². The van der Waals surface area contributed by atoms with E-state index in [1.165, 1.54) is 0 Å². The Morgan fingerprint density at radius 1 is 1.45 bits per heavy atom. The van der Waals surface area contributed by atoms with Crippen molar-refractivity contribution in [2.45, 2.75) is 63.3 Å². The molecular formula is C13H25NO5Si. The second kappa shape index (κ2) is 5.29. The van der Waals surface area contributed by atoms with Crippen LogP contribution in [0.2, 0.25) is 18.1 Å². The molecule has 0 saturated carbocycles. The topological polar surface area (TPSA) is 77.0 Å². The first kappa shape index (κ1) is 15.8. The predicted octanol–water partition coefficient (Wildman–Crippen LogP) is 1.24. The van der Waals surface area contributed by atoms with E-state index in [1.807, 2.05) is 0 Å². The zero-order valence-corrected chi connectivity index (χ0v) is 13.8. The van der Waals surface area contributed by atoms with Crippen LogP contribution in [0.5, 0.6) is 0 Å².